The number of rotatable bonds is 13. The van der Waals surface area contributed by atoms with Gasteiger partial charge < -0.3 is 40.8 Å². The summed E-state index contributed by atoms with van der Waals surface area (Å²) in [5, 5.41) is 31.6. The second-order valence-electron chi connectivity index (χ2n) is 16.8. The zero-order chi connectivity index (χ0) is 40.6. The molecule has 8 rings (SSSR count). The van der Waals surface area contributed by atoms with Crippen molar-refractivity contribution in [3.63, 3.8) is 0 Å². The van der Waals surface area contributed by atoms with Gasteiger partial charge in [-0.25, -0.2) is 0 Å². The van der Waals surface area contributed by atoms with E-state index >= 15 is 4.79 Å². The number of carbonyl (C=O) groups is 3. The lowest BCUT2D eigenvalue weighted by atomic mass is 9.82. The van der Waals surface area contributed by atoms with Crippen LogP contribution in [0.1, 0.15) is 67.3 Å². The maximum absolute atomic E-state index is 15.2. The summed E-state index contributed by atoms with van der Waals surface area (Å²) in [5.74, 6) is -1.12. The van der Waals surface area contributed by atoms with Crippen LogP contribution in [0.25, 0.3) is 0 Å². The molecule has 4 aliphatic rings. The summed E-state index contributed by atoms with van der Waals surface area (Å²) < 4.78 is 8.85. The number of hydrogen-bond donors (Lipinski definition) is 6. The molecule has 3 fully saturated rings. The number of nitrogens with one attached hydrogen (secondary N) is 4. The third kappa shape index (κ3) is 7.74. The van der Waals surface area contributed by atoms with Gasteiger partial charge in [0.1, 0.15) is 0 Å². The van der Waals surface area contributed by atoms with Crippen LogP contribution in [0, 0.1) is 5.92 Å². The van der Waals surface area contributed by atoms with Crippen molar-refractivity contribution in [1.29, 1.82) is 0 Å². The number of aromatic nitrogens is 3. The Morgan fingerprint density at radius 2 is 1.62 bits per heavy atom. The van der Waals surface area contributed by atoms with E-state index in [4.69, 9.17) is 4.74 Å². The first-order valence-electron chi connectivity index (χ1n) is 20.6. The molecule has 306 valence electrons. The zero-order valence-electron chi connectivity index (χ0n) is 33.4. The maximum atomic E-state index is 15.2. The molecule has 14 nitrogen and oxygen atoms in total. The van der Waals surface area contributed by atoms with Gasteiger partial charge in [-0.2, -0.15) is 0 Å². The van der Waals surface area contributed by atoms with E-state index in [1.165, 1.54) is 0 Å². The Hall–Kier alpha value is -4.77. The van der Waals surface area contributed by atoms with Gasteiger partial charge in [0, 0.05) is 41.1 Å². The largest absolute Gasteiger partial charge is 0.432 e. The minimum Gasteiger partial charge on any atom is -0.432 e. The van der Waals surface area contributed by atoms with Gasteiger partial charge in [0.2, 0.25) is 11.8 Å². The van der Waals surface area contributed by atoms with Crippen LogP contribution < -0.4 is 26.2 Å². The summed E-state index contributed by atoms with van der Waals surface area (Å²) in [6.07, 6.45) is 5.28. The molecular formula is C43H54N8O6Si. The normalized spacial score (nSPS) is 26.0. The number of benzene rings is 3. The fourth-order valence-electron chi connectivity index (χ4n) is 9.63. The monoisotopic (exact) mass is 806 g/mol. The Morgan fingerprint density at radius 1 is 0.966 bits per heavy atom. The number of amides is 3. The molecule has 3 aromatic carbocycles. The van der Waals surface area contributed by atoms with Gasteiger partial charge in [-0.1, -0.05) is 54.6 Å². The quantitative estimate of drug-likeness (QED) is 0.107. The first kappa shape index (κ1) is 40.0. The van der Waals surface area contributed by atoms with E-state index in [1.807, 2.05) is 99.0 Å². The van der Waals surface area contributed by atoms with E-state index in [1.54, 1.807) is 9.58 Å². The summed E-state index contributed by atoms with van der Waals surface area (Å²) in [6.45, 7) is 7.99. The van der Waals surface area contributed by atoms with Crippen LogP contribution in [-0.4, -0.2) is 88.8 Å². The van der Waals surface area contributed by atoms with E-state index in [0.29, 0.717) is 41.3 Å². The molecular weight excluding hydrogens is 753 g/mol. The van der Waals surface area contributed by atoms with Crippen molar-refractivity contribution in [2.45, 2.75) is 100 Å². The molecule has 4 aliphatic heterocycles. The molecule has 3 saturated heterocycles. The van der Waals surface area contributed by atoms with Gasteiger partial charge in [-0.05, 0) is 99.7 Å². The number of aliphatic hydroxyl groups is 1. The van der Waals surface area contributed by atoms with Gasteiger partial charge in [0.25, 0.3) is 5.91 Å². The number of aliphatic hydroxyl groups excluding tert-OH is 1. The minimum absolute atomic E-state index is 0.0555. The summed E-state index contributed by atoms with van der Waals surface area (Å²) >= 11 is 0. The van der Waals surface area contributed by atoms with Crippen LogP contribution in [-0.2, 0) is 37.8 Å². The van der Waals surface area contributed by atoms with Gasteiger partial charge in [0.15, 0.2) is 13.9 Å². The van der Waals surface area contributed by atoms with E-state index in [-0.39, 0.29) is 54.4 Å². The van der Waals surface area contributed by atoms with Crippen molar-refractivity contribution >= 4 is 43.1 Å². The standard InChI is InChI=1S/C43H54N8O6Si/c1-27-39(58(2,3)56)38(19-22-50-25-36(48-49-50)32(26-52)29-9-5-4-6-10-29)57-43(27)33-23-31(47-41(54)35-12-8-21-45-35)17-18-37(33)51(42(43)55)24-28-13-15-30(16-14-28)46-40(53)34-11-7-20-44-34/h4-6,9-10,13-18,23,25,27,32,34-35,38-39,44-45,52,56H,7-8,11-12,19-22,24,26H2,1-3H3,(H,46,53)(H,47,54)/t27-,32?,34-,35-,38+,39-,43+/m1/s1. The van der Waals surface area contributed by atoms with Crippen molar-refractivity contribution in [2.75, 3.05) is 35.2 Å². The Morgan fingerprint density at radius 3 is 2.24 bits per heavy atom. The molecule has 58 heavy (non-hydrogen) atoms. The topological polar surface area (TPSA) is 183 Å². The molecule has 0 bridgehead atoms. The predicted octanol–water partition coefficient (Wildman–Crippen LogP) is 4.22. The fourth-order valence-corrected chi connectivity index (χ4v) is 12.2. The first-order valence-corrected chi connectivity index (χ1v) is 23.6. The van der Waals surface area contributed by atoms with Crippen LogP contribution in [0.4, 0.5) is 17.1 Å². The summed E-state index contributed by atoms with van der Waals surface area (Å²) in [4.78, 5) is 54.8. The highest BCUT2D eigenvalue weighted by Crippen LogP contribution is 2.60. The Bertz CT molecular complexity index is 2110. The van der Waals surface area contributed by atoms with Crippen molar-refractivity contribution in [3.05, 3.63) is 101 Å². The predicted molar refractivity (Wildman–Crippen MR) is 223 cm³/mol. The van der Waals surface area contributed by atoms with Crippen molar-refractivity contribution in [1.82, 2.24) is 25.6 Å². The van der Waals surface area contributed by atoms with Crippen LogP contribution in [0.5, 0.6) is 0 Å². The van der Waals surface area contributed by atoms with Gasteiger partial charge >= 0.3 is 0 Å². The Balaban J connectivity index is 1.08. The minimum atomic E-state index is -2.97. The first-order chi connectivity index (χ1) is 28.0. The number of carbonyl (C=O) groups excluding carboxylic acids is 3. The van der Waals surface area contributed by atoms with Crippen molar-refractivity contribution < 1.29 is 29.0 Å². The number of anilines is 3. The molecule has 1 aromatic heterocycles. The van der Waals surface area contributed by atoms with Gasteiger partial charge in [-0.15, -0.1) is 5.10 Å². The molecule has 0 saturated carbocycles. The molecule has 0 aliphatic carbocycles. The average molecular weight is 807 g/mol. The highest BCUT2D eigenvalue weighted by Gasteiger charge is 2.66. The third-order valence-corrected chi connectivity index (χ3v) is 15.0. The lowest BCUT2D eigenvalue weighted by Crippen LogP contribution is -2.46. The summed E-state index contributed by atoms with van der Waals surface area (Å²) in [7, 11) is -2.97. The number of aryl methyl sites for hydroxylation is 1. The number of hydrogen-bond acceptors (Lipinski definition) is 10. The summed E-state index contributed by atoms with van der Waals surface area (Å²) in [5.41, 5.74) is 3.33. The molecule has 1 unspecified atom stereocenters. The lowest BCUT2D eigenvalue weighted by molar-refractivity contribution is -0.146. The maximum Gasteiger partial charge on any atom is 0.264 e. The highest BCUT2D eigenvalue weighted by molar-refractivity contribution is 6.71. The van der Waals surface area contributed by atoms with Crippen LogP contribution >= 0.6 is 0 Å². The average Bonchev–Trinajstić information content (AvgIpc) is 4.06. The molecule has 1 spiro atoms. The van der Waals surface area contributed by atoms with E-state index in [0.717, 1.165) is 49.9 Å². The second kappa shape index (κ2) is 16.5. The Kier molecular flexibility index (Phi) is 11.4. The number of nitrogens with zero attached hydrogens (tertiary/aromatic N) is 4. The fraction of sp³-hybridized carbons (Fsp3) is 0.465. The molecule has 4 aromatic rings. The second-order valence-corrected chi connectivity index (χ2v) is 20.8. The smallest absolute Gasteiger partial charge is 0.264 e. The van der Waals surface area contributed by atoms with Gasteiger partial charge in [-0.3, -0.25) is 19.1 Å². The molecule has 5 heterocycles. The van der Waals surface area contributed by atoms with E-state index in [9.17, 15) is 19.5 Å². The Labute approximate surface area is 339 Å². The molecule has 7 atom stereocenters. The van der Waals surface area contributed by atoms with Crippen LogP contribution in [0.3, 0.4) is 0 Å². The highest BCUT2D eigenvalue weighted by atomic mass is 28.4. The van der Waals surface area contributed by atoms with E-state index < -0.39 is 25.9 Å². The van der Waals surface area contributed by atoms with E-state index in [2.05, 4.69) is 31.6 Å². The zero-order valence-corrected chi connectivity index (χ0v) is 34.4. The number of fused-ring (bicyclic) bond motifs is 2. The van der Waals surface area contributed by atoms with Crippen LogP contribution in [0.2, 0.25) is 18.6 Å². The third-order valence-electron chi connectivity index (χ3n) is 12.5. The van der Waals surface area contributed by atoms with Gasteiger partial charge in [0.05, 0.1) is 48.6 Å². The van der Waals surface area contributed by atoms with Crippen LogP contribution in [0.15, 0.2) is 79.0 Å². The molecule has 6 N–H and O–H groups in total. The molecule has 15 heteroatoms. The lowest BCUT2D eigenvalue weighted by Gasteiger charge is -2.32. The SMILES string of the molecule is C[C@@H]1[C@@H]([Si](C)(C)O)[C@H](CCn2cc(C(CO)c3ccccc3)nn2)O[C@@]12C(=O)N(Cc1ccc(NC(=O)[C@H]3CCCN3)cc1)c1ccc(NC(=O)[C@H]3CCCN3)cc12. The molecule has 0 radical (unpaired) electrons. The van der Waals surface area contributed by atoms with Crippen molar-refractivity contribution in [2.24, 2.45) is 5.92 Å². The molecule has 3 amide bonds. The van der Waals surface area contributed by atoms with Crippen molar-refractivity contribution in [3.8, 4) is 0 Å². The summed E-state index contributed by atoms with van der Waals surface area (Å²) in [6, 6.07) is 22.3. The number of ether oxygens (including phenoxy) is 1.